The highest BCUT2D eigenvalue weighted by molar-refractivity contribution is 6.32. The van der Waals surface area contributed by atoms with Gasteiger partial charge in [-0.3, -0.25) is 14.8 Å². The number of pyridine rings is 2. The van der Waals surface area contributed by atoms with Crippen molar-refractivity contribution < 1.29 is 19.0 Å². The number of hydrogen-bond donors (Lipinski definition) is 2. The zero-order valence-corrected chi connectivity index (χ0v) is 25.8. The first-order valence-corrected chi connectivity index (χ1v) is 14.1. The molecule has 0 spiro atoms. The van der Waals surface area contributed by atoms with E-state index in [1.54, 1.807) is 36.5 Å². The van der Waals surface area contributed by atoms with Gasteiger partial charge in [0, 0.05) is 48.6 Å². The SMILES string of the molecule is CN(C)CC=CC(=O)Nc1cc2c(Nc3ccc(OCc4ccccn4)c(Cl)c3)c(C#N)cnc2cc1OC1CCOC1.Cl. The Morgan fingerprint density at radius 2 is 2.07 bits per heavy atom. The summed E-state index contributed by atoms with van der Waals surface area (Å²) in [5, 5.41) is 17.2. The number of carbonyl (C=O) groups excluding carboxylic acids is 1. The van der Waals surface area contributed by atoms with Gasteiger partial charge >= 0.3 is 0 Å². The number of carbonyl (C=O) groups is 1. The molecular weight excluding hydrogens is 603 g/mol. The summed E-state index contributed by atoms with van der Waals surface area (Å²) in [5.74, 6) is 0.668. The van der Waals surface area contributed by atoms with Gasteiger partial charge in [0.15, 0.2) is 0 Å². The highest BCUT2D eigenvalue weighted by atomic mass is 35.5. The van der Waals surface area contributed by atoms with E-state index < -0.39 is 0 Å². The number of hydrogen-bond acceptors (Lipinski definition) is 9. The maximum absolute atomic E-state index is 12.8. The molecule has 1 unspecified atom stereocenters. The molecule has 1 saturated heterocycles. The first kappa shape index (κ1) is 32.5. The van der Waals surface area contributed by atoms with Crippen LogP contribution in [0.4, 0.5) is 17.1 Å². The zero-order valence-electron chi connectivity index (χ0n) is 24.2. The highest BCUT2D eigenvalue weighted by Crippen LogP contribution is 2.38. The van der Waals surface area contributed by atoms with Crippen LogP contribution in [-0.2, 0) is 16.1 Å². The van der Waals surface area contributed by atoms with Crippen molar-refractivity contribution in [2.75, 3.05) is 44.5 Å². The van der Waals surface area contributed by atoms with E-state index >= 15 is 0 Å². The van der Waals surface area contributed by atoms with Crippen LogP contribution in [0.1, 0.15) is 17.7 Å². The molecule has 5 rings (SSSR count). The van der Waals surface area contributed by atoms with E-state index in [-0.39, 0.29) is 31.0 Å². The molecule has 3 heterocycles. The van der Waals surface area contributed by atoms with Crippen molar-refractivity contribution in [3.63, 3.8) is 0 Å². The molecule has 2 aromatic carbocycles. The minimum absolute atomic E-state index is 0. The van der Waals surface area contributed by atoms with E-state index in [1.807, 2.05) is 43.3 Å². The summed E-state index contributed by atoms with van der Waals surface area (Å²) in [7, 11) is 3.84. The van der Waals surface area contributed by atoms with E-state index in [0.717, 1.165) is 12.1 Å². The van der Waals surface area contributed by atoms with E-state index in [1.165, 1.54) is 12.3 Å². The molecule has 0 bridgehead atoms. The molecular formula is C32H32Cl2N6O4. The van der Waals surface area contributed by atoms with Crippen LogP contribution in [0.25, 0.3) is 10.9 Å². The van der Waals surface area contributed by atoms with Crippen LogP contribution in [-0.4, -0.2) is 60.7 Å². The molecule has 44 heavy (non-hydrogen) atoms. The topological polar surface area (TPSA) is 122 Å². The first-order chi connectivity index (χ1) is 20.9. The summed E-state index contributed by atoms with van der Waals surface area (Å²) in [4.78, 5) is 23.5. The lowest BCUT2D eigenvalue weighted by molar-refractivity contribution is -0.111. The Hall–Kier alpha value is -4.40. The Labute approximate surface area is 267 Å². The van der Waals surface area contributed by atoms with Gasteiger partial charge in [-0.05, 0) is 50.5 Å². The molecule has 2 aromatic heterocycles. The molecule has 4 aromatic rings. The van der Waals surface area contributed by atoms with Crippen molar-refractivity contribution in [1.29, 1.82) is 5.26 Å². The van der Waals surface area contributed by atoms with Gasteiger partial charge in [-0.2, -0.15) is 5.26 Å². The summed E-state index contributed by atoms with van der Waals surface area (Å²) >= 11 is 6.55. The fraction of sp³-hybridized carbons (Fsp3) is 0.250. The number of rotatable bonds is 11. The van der Waals surface area contributed by atoms with Gasteiger partial charge in [0.05, 0.1) is 46.4 Å². The summed E-state index contributed by atoms with van der Waals surface area (Å²) in [6.45, 7) is 1.97. The fourth-order valence-electron chi connectivity index (χ4n) is 4.44. The Kier molecular flexibility index (Phi) is 11.4. The van der Waals surface area contributed by atoms with Crippen LogP contribution in [0.15, 0.2) is 73.1 Å². The summed E-state index contributed by atoms with van der Waals surface area (Å²) in [6.07, 6.45) is 7.06. The monoisotopic (exact) mass is 634 g/mol. The predicted octanol–water partition coefficient (Wildman–Crippen LogP) is 6.12. The number of benzene rings is 2. The fourth-order valence-corrected chi connectivity index (χ4v) is 4.68. The number of ether oxygens (including phenoxy) is 3. The van der Waals surface area contributed by atoms with Gasteiger partial charge in [0.1, 0.15) is 30.3 Å². The Bertz CT molecular complexity index is 1670. The van der Waals surface area contributed by atoms with Crippen molar-refractivity contribution in [3.05, 3.63) is 89.4 Å². The van der Waals surface area contributed by atoms with Crippen molar-refractivity contribution in [2.24, 2.45) is 0 Å². The van der Waals surface area contributed by atoms with Gasteiger partial charge < -0.3 is 29.7 Å². The van der Waals surface area contributed by atoms with Gasteiger partial charge in [-0.15, -0.1) is 12.4 Å². The van der Waals surface area contributed by atoms with Gasteiger partial charge in [0.25, 0.3) is 0 Å². The molecule has 0 radical (unpaired) electrons. The number of nitrogens with zero attached hydrogens (tertiary/aromatic N) is 4. The molecule has 228 valence electrons. The largest absolute Gasteiger partial charge is 0.486 e. The van der Waals surface area contributed by atoms with Crippen molar-refractivity contribution in [3.8, 4) is 17.6 Å². The lowest BCUT2D eigenvalue weighted by Crippen LogP contribution is -2.18. The molecule has 1 amide bonds. The third-order valence-electron chi connectivity index (χ3n) is 6.57. The third-order valence-corrected chi connectivity index (χ3v) is 6.87. The molecule has 1 aliphatic rings. The third kappa shape index (κ3) is 8.36. The molecule has 10 nitrogen and oxygen atoms in total. The number of halogens is 2. The van der Waals surface area contributed by atoms with Crippen LogP contribution in [0.3, 0.4) is 0 Å². The molecule has 1 aliphatic heterocycles. The Morgan fingerprint density at radius 1 is 1.20 bits per heavy atom. The second-order valence-corrected chi connectivity index (χ2v) is 10.6. The molecule has 1 fully saturated rings. The minimum Gasteiger partial charge on any atom is -0.486 e. The lowest BCUT2D eigenvalue weighted by Gasteiger charge is -2.19. The normalized spacial score (nSPS) is 14.3. The number of likely N-dealkylation sites (N-methyl/N-ethyl adjacent to an activating group) is 1. The van der Waals surface area contributed by atoms with Crippen LogP contribution in [0, 0.1) is 11.3 Å². The zero-order chi connectivity index (χ0) is 30.2. The van der Waals surface area contributed by atoms with Crippen LogP contribution >= 0.6 is 24.0 Å². The van der Waals surface area contributed by atoms with E-state index in [4.69, 9.17) is 25.8 Å². The van der Waals surface area contributed by atoms with Crippen molar-refractivity contribution in [1.82, 2.24) is 14.9 Å². The maximum Gasteiger partial charge on any atom is 0.248 e. The van der Waals surface area contributed by atoms with Crippen molar-refractivity contribution in [2.45, 2.75) is 19.1 Å². The first-order valence-electron chi connectivity index (χ1n) is 13.7. The summed E-state index contributed by atoms with van der Waals surface area (Å²) in [5.41, 5.74) is 3.29. The lowest BCUT2D eigenvalue weighted by atomic mass is 10.1. The van der Waals surface area contributed by atoms with Gasteiger partial charge in [-0.25, -0.2) is 0 Å². The number of fused-ring (bicyclic) bond motifs is 1. The maximum atomic E-state index is 12.8. The van der Waals surface area contributed by atoms with Crippen LogP contribution in [0.5, 0.6) is 11.5 Å². The molecule has 1 atom stereocenters. The number of aromatic nitrogens is 2. The predicted molar refractivity (Wildman–Crippen MR) is 173 cm³/mol. The Balaban J connectivity index is 0.00000442. The smallest absolute Gasteiger partial charge is 0.248 e. The molecule has 2 N–H and O–H groups in total. The van der Waals surface area contributed by atoms with Crippen molar-refractivity contribution >= 4 is 57.9 Å². The summed E-state index contributed by atoms with van der Waals surface area (Å²) < 4.78 is 17.5. The number of nitrogens with one attached hydrogen (secondary N) is 2. The second-order valence-electron chi connectivity index (χ2n) is 10.2. The van der Waals surface area contributed by atoms with Crippen LogP contribution in [0.2, 0.25) is 5.02 Å². The molecule has 0 aliphatic carbocycles. The number of anilines is 3. The second kappa shape index (κ2) is 15.4. The van der Waals surface area contributed by atoms with Gasteiger partial charge in [0.2, 0.25) is 5.91 Å². The molecule has 12 heteroatoms. The van der Waals surface area contributed by atoms with E-state index in [0.29, 0.717) is 69.8 Å². The summed E-state index contributed by atoms with van der Waals surface area (Å²) in [6, 6.07) is 16.6. The standard InChI is InChI=1S/C32H31ClN6O4.ClH/c1-39(2)12-5-7-31(40)38-28-15-25-27(16-30(28)43-24-10-13-41-20-24)36-18-21(17-34)32(25)37-22-8-9-29(26(33)14-22)42-19-23-6-3-4-11-35-23;/h3-9,11,14-16,18,24H,10,12-13,19-20H2,1-2H3,(H,36,37)(H,38,40);1H. The highest BCUT2D eigenvalue weighted by Gasteiger charge is 2.21. The van der Waals surface area contributed by atoms with Crippen LogP contribution < -0.4 is 20.1 Å². The van der Waals surface area contributed by atoms with E-state index in [2.05, 4.69) is 26.7 Å². The van der Waals surface area contributed by atoms with Gasteiger partial charge in [-0.1, -0.05) is 23.7 Å². The molecule has 0 saturated carbocycles. The van der Waals surface area contributed by atoms with E-state index in [9.17, 15) is 10.1 Å². The number of nitriles is 1. The number of amides is 1. The average Bonchev–Trinajstić information content (AvgIpc) is 3.51. The minimum atomic E-state index is -0.305. The quantitative estimate of drug-likeness (QED) is 0.188. The Morgan fingerprint density at radius 3 is 2.77 bits per heavy atom. The average molecular weight is 636 g/mol.